The lowest BCUT2D eigenvalue weighted by Gasteiger charge is -2.48. The van der Waals surface area contributed by atoms with Crippen LogP contribution in [-0.4, -0.2) is 51.9 Å². The topological polar surface area (TPSA) is 49.3 Å². The molecule has 5 nitrogen and oxygen atoms in total. The summed E-state index contributed by atoms with van der Waals surface area (Å²) < 4.78 is 0. The van der Waals surface area contributed by atoms with Crippen molar-refractivity contribution in [3.05, 3.63) is 59.7 Å². The van der Waals surface area contributed by atoms with Crippen molar-refractivity contribution in [1.82, 2.24) is 19.8 Å². The van der Waals surface area contributed by atoms with E-state index in [0.717, 1.165) is 50.4 Å². The van der Waals surface area contributed by atoms with Gasteiger partial charge in [0.25, 0.3) is 5.91 Å². The predicted octanol–water partition coefficient (Wildman–Crippen LogP) is 3.30. The second kappa shape index (κ2) is 7.77. The minimum Gasteiger partial charge on any atom is -0.337 e. The second-order valence-electron chi connectivity index (χ2n) is 8.13. The minimum absolute atomic E-state index is 0.0917. The summed E-state index contributed by atoms with van der Waals surface area (Å²) in [7, 11) is 0. The smallest absolute Gasteiger partial charge is 0.272 e. The molecule has 2 fully saturated rings. The highest BCUT2D eigenvalue weighted by Crippen LogP contribution is 2.39. The summed E-state index contributed by atoms with van der Waals surface area (Å²) in [6.07, 6.45) is 8.26. The molecule has 0 saturated carbocycles. The van der Waals surface area contributed by atoms with Crippen molar-refractivity contribution >= 4 is 5.91 Å². The first-order valence-corrected chi connectivity index (χ1v) is 9.98. The number of carbonyl (C=O) groups excluding carboxylic acids is 1. The minimum atomic E-state index is 0.0917. The molecule has 5 heteroatoms. The number of likely N-dealkylation sites (tertiary alicyclic amines) is 2. The van der Waals surface area contributed by atoms with Crippen LogP contribution in [0.25, 0.3) is 0 Å². The van der Waals surface area contributed by atoms with Gasteiger partial charge in [-0.2, -0.15) is 0 Å². The zero-order valence-electron chi connectivity index (χ0n) is 16.1. The summed E-state index contributed by atoms with van der Waals surface area (Å²) in [6.45, 7) is 6.72. The van der Waals surface area contributed by atoms with Gasteiger partial charge >= 0.3 is 0 Å². The number of amides is 1. The lowest BCUT2D eigenvalue weighted by molar-refractivity contribution is 0.0107. The number of piperidine rings is 2. The van der Waals surface area contributed by atoms with Crippen molar-refractivity contribution < 1.29 is 4.79 Å². The monoisotopic (exact) mass is 364 g/mol. The average molecular weight is 364 g/mol. The molecule has 0 radical (unpaired) electrons. The summed E-state index contributed by atoms with van der Waals surface area (Å²) in [4.78, 5) is 26.5. The van der Waals surface area contributed by atoms with Crippen molar-refractivity contribution in [2.45, 2.75) is 39.2 Å². The summed E-state index contributed by atoms with van der Waals surface area (Å²) >= 11 is 0. The van der Waals surface area contributed by atoms with Gasteiger partial charge in [0.05, 0.1) is 5.69 Å². The lowest BCUT2D eigenvalue weighted by atomic mass is 9.73. The zero-order valence-corrected chi connectivity index (χ0v) is 16.1. The van der Waals surface area contributed by atoms with Gasteiger partial charge in [0.1, 0.15) is 5.69 Å². The maximum atomic E-state index is 13.1. The third kappa shape index (κ3) is 4.03. The summed E-state index contributed by atoms with van der Waals surface area (Å²) in [6, 6.07) is 9.97. The molecule has 1 atom stereocenters. The number of hydrogen-bond donors (Lipinski definition) is 0. The maximum Gasteiger partial charge on any atom is 0.272 e. The fourth-order valence-electron chi connectivity index (χ4n) is 4.74. The van der Waals surface area contributed by atoms with Crippen LogP contribution in [0.5, 0.6) is 0 Å². The quantitative estimate of drug-likeness (QED) is 0.838. The molecule has 0 bridgehead atoms. The Balaban J connectivity index is 1.46. The Morgan fingerprint density at radius 2 is 1.85 bits per heavy atom. The van der Waals surface area contributed by atoms with Gasteiger partial charge in [-0.3, -0.25) is 19.7 Å². The molecule has 2 aliphatic heterocycles. The highest BCUT2D eigenvalue weighted by Gasteiger charge is 2.40. The number of carbonyl (C=O) groups is 1. The summed E-state index contributed by atoms with van der Waals surface area (Å²) in [5, 5.41) is 0. The molecule has 0 aromatic carbocycles. The predicted molar refractivity (Wildman–Crippen MR) is 105 cm³/mol. The molecule has 2 aromatic heterocycles. The van der Waals surface area contributed by atoms with Gasteiger partial charge in [0.2, 0.25) is 0 Å². The standard InChI is InChI=1S/C22H28N4O/c1-18-7-4-12-24-20(18)21(27)26-14-6-10-22(17-26)9-5-13-25(16-22)15-19-8-2-3-11-23-19/h2-4,7-8,11-12H,5-6,9-10,13-17H2,1H3. The van der Waals surface area contributed by atoms with Crippen molar-refractivity contribution in [2.75, 3.05) is 26.2 Å². The Labute approximate surface area is 161 Å². The molecule has 0 aliphatic carbocycles. The molecular weight excluding hydrogens is 336 g/mol. The van der Waals surface area contributed by atoms with E-state index in [1.807, 2.05) is 36.2 Å². The number of nitrogens with zero attached hydrogens (tertiary/aromatic N) is 4. The molecular formula is C22H28N4O. The number of rotatable bonds is 3. The molecule has 1 amide bonds. The average Bonchev–Trinajstić information content (AvgIpc) is 2.69. The first-order chi connectivity index (χ1) is 13.2. The Hall–Kier alpha value is -2.27. The number of aryl methyl sites for hydroxylation is 1. The van der Waals surface area contributed by atoms with Crippen LogP contribution >= 0.6 is 0 Å². The molecule has 0 N–H and O–H groups in total. The van der Waals surface area contributed by atoms with Gasteiger partial charge < -0.3 is 4.90 Å². The van der Waals surface area contributed by atoms with Crippen molar-refractivity contribution in [3.8, 4) is 0 Å². The molecule has 142 valence electrons. The first-order valence-electron chi connectivity index (χ1n) is 9.98. The maximum absolute atomic E-state index is 13.1. The molecule has 1 spiro atoms. The zero-order chi connectivity index (χ0) is 18.7. The van der Waals surface area contributed by atoms with E-state index in [1.165, 1.54) is 19.3 Å². The molecule has 2 saturated heterocycles. The second-order valence-corrected chi connectivity index (χ2v) is 8.13. The molecule has 2 aliphatic rings. The van der Waals surface area contributed by atoms with E-state index in [-0.39, 0.29) is 11.3 Å². The van der Waals surface area contributed by atoms with E-state index in [1.54, 1.807) is 6.20 Å². The number of pyridine rings is 2. The first kappa shape index (κ1) is 18.1. The fraction of sp³-hybridized carbons (Fsp3) is 0.500. The highest BCUT2D eigenvalue weighted by molar-refractivity contribution is 5.93. The Morgan fingerprint density at radius 3 is 2.63 bits per heavy atom. The Bertz CT molecular complexity index is 790. The van der Waals surface area contributed by atoms with E-state index in [0.29, 0.717) is 5.69 Å². The normalized spacial score (nSPS) is 23.5. The van der Waals surface area contributed by atoms with Gasteiger partial charge in [-0.1, -0.05) is 12.1 Å². The van der Waals surface area contributed by atoms with Crippen LogP contribution in [0.15, 0.2) is 42.7 Å². The van der Waals surface area contributed by atoms with Gasteiger partial charge in [0.15, 0.2) is 0 Å². The summed E-state index contributed by atoms with van der Waals surface area (Å²) in [5.41, 5.74) is 2.91. The van der Waals surface area contributed by atoms with Crippen LogP contribution in [0.2, 0.25) is 0 Å². The molecule has 27 heavy (non-hydrogen) atoms. The lowest BCUT2D eigenvalue weighted by Crippen LogP contribution is -2.53. The van der Waals surface area contributed by atoms with Gasteiger partial charge in [0, 0.05) is 44.0 Å². The third-order valence-corrected chi connectivity index (χ3v) is 6.01. The fourth-order valence-corrected chi connectivity index (χ4v) is 4.74. The van der Waals surface area contributed by atoms with Crippen LogP contribution in [0.4, 0.5) is 0 Å². The Morgan fingerprint density at radius 1 is 1.04 bits per heavy atom. The van der Waals surface area contributed by atoms with E-state index < -0.39 is 0 Å². The molecule has 2 aromatic rings. The third-order valence-electron chi connectivity index (χ3n) is 6.01. The number of aromatic nitrogens is 2. The van der Waals surface area contributed by atoms with E-state index in [4.69, 9.17) is 0 Å². The van der Waals surface area contributed by atoms with E-state index in [2.05, 4.69) is 27.0 Å². The van der Waals surface area contributed by atoms with Crippen LogP contribution in [-0.2, 0) is 6.54 Å². The SMILES string of the molecule is Cc1cccnc1C(=O)N1CCCC2(CCCN(Cc3ccccn3)C2)C1. The van der Waals surface area contributed by atoms with Gasteiger partial charge in [-0.25, -0.2) is 0 Å². The summed E-state index contributed by atoms with van der Waals surface area (Å²) in [5.74, 6) is 0.0917. The molecule has 1 unspecified atom stereocenters. The highest BCUT2D eigenvalue weighted by atomic mass is 16.2. The van der Waals surface area contributed by atoms with Gasteiger partial charge in [-0.05, 0) is 62.9 Å². The van der Waals surface area contributed by atoms with E-state index >= 15 is 0 Å². The largest absolute Gasteiger partial charge is 0.337 e. The van der Waals surface area contributed by atoms with Crippen molar-refractivity contribution in [1.29, 1.82) is 0 Å². The molecule has 4 rings (SSSR count). The van der Waals surface area contributed by atoms with Crippen LogP contribution in [0, 0.1) is 12.3 Å². The molecule has 4 heterocycles. The van der Waals surface area contributed by atoms with Crippen molar-refractivity contribution in [2.24, 2.45) is 5.41 Å². The van der Waals surface area contributed by atoms with Crippen molar-refractivity contribution in [3.63, 3.8) is 0 Å². The Kier molecular flexibility index (Phi) is 5.21. The van der Waals surface area contributed by atoms with Crippen LogP contribution in [0.1, 0.15) is 47.4 Å². The number of hydrogen-bond acceptors (Lipinski definition) is 4. The van der Waals surface area contributed by atoms with Crippen LogP contribution in [0.3, 0.4) is 0 Å². The van der Waals surface area contributed by atoms with E-state index in [9.17, 15) is 4.79 Å². The van der Waals surface area contributed by atoms with Crippen LogP contribution < -0.4 is 0 Å². The van der Waals surface area contributed by atoms with Gasteiger partial charge in [-0.15, -0.1) is 0 Å².